The second-order valence-electron chi connectivity index (χ2n) is 2.24. The summed E-state index contributed by atoms with van der Waals surface area (Å²) >= 11 is 1.49. The molecule has 0 radical (unpaired) electrons. The first-order valence-corrected chi connectivity index (χ1v) is 5.99. The Balaban J connectivity index is 2.29. The van der Waals surface area contributed by atoms with E-state index in [2.05, 4.69) is 9.17 Å². The molecular formula is C6H9NO3S2. The van der Waals surface area contributed by atoms with Crippen molar-refractivity contribution in [2.45, 2.75) is 6.42 Å². The predicted octanol–water partition coefficient (Wildman–Crippen LogP) is 0.662. The molecule has 0 aliphatic heterocycles. The Kier molecular flexibility index (Phi) is 3.19. The van der Waals surface area contributed by atoms with Crippen LogP contribution in [0, 0.1) is 0 Å². The maximum Gasteiger partial charge on any atom is 0.264 e. The quantitative estimate of drug-likeness (QED) is 0.681. The minimum atomic E-state index is -3.29. The van der Waals surface area contributed by atoms with E-state index in [9.17, 15) is 8.42 Å². The first kappa shape index (κ1) is 9.63. The first-order valence-electron chi connectivity index (χ1n) is 3.30. The average Bonchev–Trinajstić information content (AvgIpc) is 2.36. The first-order chi connectivity index (χ1) is 5.58. The van der Waals surface area contributed by atoms with E-state index >= 15 is 0 Å². The summed E-state index contributed by atoms with van der Waals surface area (Å²) in [6, 6.07) is 0. The molecule has 0 fully saturated rings. The van der Waals surface area contributed by atoms with Gasteiger partial charge >= 0.3 is 0 Å². The van der Waals surface area contributed by atoms with E-state index in [0.717, 1.165) is 11.1 Å². The van der Waals surface area contributed by atoms with Gasteiger partial charge in [-0.15, -0.1) is 11.3 Å². The molecule has 0 aromatic carbocycles. The molecule has 0 spiro atoms. The summed E-state index contributed by atoms with van der Waals surface area (Å²) in [5, 5.41) is 0. The largest absolute Gasteiger partial charge is 0.270 e. The van der Waals surface area contributed by atoms with E-state index < -0.39 is 10.1 Å². The van der Waals surface area contributed by atoms with Crippen LogP contribution in [0.3, 0.4) is 0 Å². The normalized spacial score (nSPS) is 11.8. The average molecular weight is 207 g/mol. The zero-order valence-corrected chi connectivity index (χ0v) is 8.19. The SMILES string of the molecule is CS(=O)(=O)OCCc1cncs1. The van der Waals surface area contributed by atoms with E-state index in [-0.39, 0.29) is 6.61 Å². The van der Waals surface area contributed by atoms with Gasteiger partial charge in [0, 0.05) is 17.5 Å². The summed E-state index contributed by atoms with van der Waals surface area (Å²) in [6.45, 7) is 0.195. The van der Waals surface area contributed by atoms with Crippen LogP contribution in [0.4, 0.5) is 0 Å². The smallest absolute Gasteiger partial charge is 0.264 e. The second-order valence-corrected chi connectivity index (χ2v) is 4.86. The maximum absolute atomic E-state index is 10.5. The monoisotopic (exact) mass is 207 g/mol. The minimum Gasteiger partial charge on any atom is -0.270 e. The Hall–Kier alpha value is -0.460. The van der Waals surface area contributed by atoms with Crippen molar-refractivity contribution < 1.29 is 12.6 Å². The molecule has 1 aromatic rings. The molecular weight excluding hydrogens is 198 g/mol. The third-order valence-electron chi connectivity index (χ3n) is 1.13. The highest BCUT2D eigenvalue weighted by Crippen LogP contribution is 2.06. The molecule has 0 amide bonds. The van der Waals surface area contributed by atoms with Gasteiger partial charge in [-0.2, -0.15) is 8.42 Å². The summed E-state index contributed by atoms with van der Waals surface area (Å²) in [5.41, 5.74) is 1.70. The van der Waals surface area contributed by atoms with Gasteiger partial charge in [0.05, 0.1) is 18.4 Å². The lowest BCUT2D eigenvalue weighted by atomic mass is 10.4. The number of hydrogen-bond acceptors (Lipinski definition) is 5. The van der Waals surface area contributed by atoms with E-state index in [1.165, 1.54) is 11.3 Å². The van der Waals surface area contributed by atoms with Gasteiger partial charge in [0.2, 0.25) is 0 Å². The fourth-order valence-electron chi connectivity index (χ4n) is 0.659. The van der Waals surface area contributed by atoms with Crippen LogP contribution in [-0.2, 0) is 20.7 Å². The fourth-order valence-corrected chi connectivity index (χ4v) is 1.63. The zero-order chi connectivity index (χ0) is 9.03. The number of hydrogen-bond donors (Lipinski definition) is 0. The van der Waals surface area contributed by atoms with E-state index in [4.69, 9.17) is 0 Å². The molecule has 0 aliphatic carbocycles. The Labute approximate surface area is 75.3 Å². The predicted molar refractivity (Wildman–Crippen MR) is 46.6 cm³/mol. The molecule has 68 valence electrons. The minimum absolute atomic E-state index is 0.195. The molecule has 0 unspecified atom stereocenters. The molecule has 0 saturated carbocycles. The highest BCUT2D eigenvalue weighted by Gasteiger charge is 2.01. The van der Waals surface area contributed by atoms with Crippen molar-refractivity contribution >= 4 is 21.5 Å². The summed E-state index contributed by atoms with van der Waals surface area (Å²) in [4.78, 5) is 4.88. The van der Waals surface area contributed by atoms with Crippen molar-refractivity contribution in [3.05, 3.63) is 16.6 Å². The summed E-state index contributed by atoms with van der Waals surface area (Å²) in [5.74, 6) is 0. The van der Waals surface area contributed by atoms with Crippen molar-refractivity contribution in [1.82, 2.24) is 4.98 Å². The molecule has 1 rings (SSSR count). The molecule has 0 aliphatic rings. The number of nitrogens with zero attached hydrogens (tertiary/aromatic N) is 1. The fraction of sp³-hybridized carbons (Fsp3) is 0.500. The molecule has 6 heteroatoms. The Bertz CT molecular complexity index is 317. The van der Waals surface area contributed by atoms with Crippen LogP contribution in [0.1, 0.15) is 4.88 Å². The van der Waals surface area contributed by atoms with Gasteiger partial charge in [0.15, 0.2) is 0 Å². The maximum atomic E-state index is 10.5. The Morgan fingerprint density at radius 2 is 2.42 bits per heavy atom. The van der Waals surface area contributed by atoms with Crippen LogP contribution in [0.15, 0.2) is 11.7 Å². The highest BCUT2D eigenvalue weighted by atomic mass is 32.2. The lowest BCUT2D eigenvalue weighted by Crippen LogP contribution is -2.05. The van der Waals surface area contributed by atoms with Gasteiger partial charge in [-0.3, -0.25) is 9.17 Å². The number of rotatable bonds is 4. The van der Waals surface area contributed by atoms with Crippen LogP contribution >= 0.6 is 11.3 Å². The number of thiazole rings is 1. The van der Waals surface area contributed by atoms with Gasteiger partial charge in [-0.05, 0) is 0 Å². The molecule has 0 bridgehead atoms. The van der Waals surface area contributed by atoms with Crippen molar-refractivity contribution in [2.75, 3.05) is 12.9 Å². The molecule has 1 heterocycles. The molecule has 4 nitrogen and oxygen atoms in total. The van der Waals surface area contributed by atoms with E-state index in [1.54, 1.807) is 11.7 Å². The third kappa shape index (κ3) is 3.80. The van der Waals surface area contributed by atoms with Crippen molar-refractivity contribution in [3.63, 3.8) is 0 Å². The van der Waals surface area contributed by atoms with E-state index in [0.29, 0.717) is 6.42 Å². The van der Waals surface area contributed by atoms with Gasteiger partial charge in [0.1, 0.15) is 0 Å². The van der Waals surface area contributed by atoms with E-state index in [1.807, 2.05) is 0 Å². The Morgan fingerprint density at radius 1 is 1.67 bits per heavy atom. The van der Waals surface area contributed by atoms with Gasteiger partial charge in [-0.1, -0.05) is 0 Å². The standard InChI is InChI=1S/C6H9NO3S2/c1-12(8,9)10-3-2-6-4-7-5-11-6/h4-5H,2-3H2,1H3. The summed E-state index contributed by atoms with van der Waals surface area (Å²) < 4.78 is 25.6. The van der Waals surface area contributed by atoms with Crippen molar-refractivity contribution in [1.29, 1.82) is 0 Å². The lowest BCUT2D eigenvalue weighted by molar-refractivity contribution is 0.327. The molecule has 0 saturated heterocycles. The second kappa shape index (κ2) is 3.97. The van der Waals surface area contributed by atoms with Crippen LogP contribution in [-0.4, -0.2) is 26.3 Å². The van der Waals surface area contributed by atoms with Gasteiger partial charge in [0.25, 0.3) is 10.1 Å². The zero-order valence-electron chi connectivity index (χ0n) is 6.56. The van der Waals surface area contributed by atoms with Crippen LogP contribution in [0.2, 0.25) is 0 Å². The van der Waals surface area contributed by atoms with Crippen LogP contribution in [0.25, 0.3) is 0 Å². The summed E-state index contributed by atoms with van der Waals surface area (Å²) in [7, 11) is -3.29. The van der Waals surface area contributed by atoms with Crippen LogP contribution < -0.4 is 0 Å². The third-order valence-corrected chi connectivity index (χ3v) is 2.56. The molecule has 12 heavy (non-hydrogen) atoms. The van der Waals surface area contributed by atoms with Gasteiger partial charge in [-0.25, -0.2) is 0 Å². The molecule has 0 N–H and O–H groups in total. The molecule has 0 atom stereocenters. The topological polar surface area (TPSA) is 56.3 Å². The van der Waals surface area contributed by atoms with Gasteiger partial charge < -0.3 is 0 Å². The van der Waals surface area contributed by atoms with Crippen molar-refractivity contribution in [3.8, 4) is 0 Å². The lowest BCUT2D eigenvalue weighted by Gasteiger charge is -1.97. The summed E-state index contributed by atoms with van der Waals surface area (Å²) in [6.07, 6.45) is 3.34. The van der Waals surface area contributed by atoms with Crippen molar-refractivity contribution in [2.24, 2.45) is 0 Å². The highest BCUT2D eigenvalue weighted by molar-refractivity contribution is 7.85. The van der Waals surface area contributed by atoms with Crippen LogP contribution in [0.5, 0.6) is 0 Å². The Morgan fingerprint density at radius 3 is 2.92 bits per heavy atom. The molecule has 1 aromatic heterocycles. The number of aromatic nitrogens is 1.